The summed E-state index contributed by atoms with van der Waals surface area (Å²) in [7, 11) is 0. The van der Waals surface area contributed by atoms with Crippen LogP contribution in [0.2, 0.25) is 0 Å². The molecular formula is C20H28N6O2. The summed E-state index contributed by atoms with van der Waals surface area (Å²) < 4.78 is 1.82. The summed E-state index contributed by atoms with van der Waals surface area (Å²) >= 11 is 0. The fourth-order valence-electron chi connectivity index (χ4n) is 4.49. The summed E-state index contributed by atoms with van der Waals surface area (Å²) in [6.07, 6.45) is 9.87. The fourth-order valence-corrected chi connectivity index (χ4v) is 4.49. The van der Waals surface area contributed by atoms with Gasteiger partial charge in [0, 0.05) is 51.3 Å². The van der Waals surface area contributed by atoms with Gasteiger partial charge >= 0.3 is 0 Å². The second-order valence-electron chi connectivity index (χ2n) is 8.00. The Morgan fingerprint density at radius 1 is 1.18 bits per heavy atom. The van der Waals surface area contributed by atoms with Crippen molar-refractivity contribution in [1.29, 1.82) is 0 Å². The molecule has 0 aromatic carbocycles. The van der Waals surface area contributed by atoms with Gasteiger partial charge in [-0.05, 0) is 25.2 Å². The van der Waals surface area contributed by atoms with E-state index < -0.39 is 0 Å². The lowest BCUT2D eigenvalue weighted by molar-refractivity contribution is -0.131. The van der Waals surface area contributed by atoms with Crippen molar-refractivity contribution in [2.75, 3.05) is 19.6 Å². The second kappa shape index (κ2) is 8.24. The van der Waals surface area contributed by atoms with Gasteiger partial charge in [-0.15, -0.1) is 0 Å². The molecule has 1 atom stereocenters. The first-order valence-corrected chi connectivity index (χ1v) is 10.3. The molecule has 1 saturated heterocycles. The molecule has 1 N–H and O–H groups in total. The third kappa shape index (κ3) is 4.00. The van der Waals surface area contributed by atoms with Gasteiger partial charge in [0.25, 0.3) is 0 Å². The summed E-state index contributed by atoms with van der Waals surface area (Å²) in [5.74, 6) is 0.991. The van der Waals surface area contributed by atoms with Crippen LogP contribution in [0.3, 0.4) is 0 Å². The molecule has 1 aliphatic carbocycles. The second-order valence-corrected chi connectivity index (χ2v) is 8.00. The minimum atomic E-state index is -0.0602. The first-order valence-electron chi connectivity index (χ1n) is 10.3. The SMILES string of the molecule is CC(=O)NCCn1nc([C@H]2CCN(C(=O)CC3CCCC3)C2)c2nccnc21. The highest BCUT2D eigenvalue weighted by Crippen LogP contribution is 2.33. The monoisotopic (exact) mass is 384 g/mol. The predicted octanol–water partition coefficient (Wildman–Crippen LogP) is 1.86. The van der Waals surface area contributed by atoms with Crippen LogP contribution >= 0.6 is 0 Å². The highest BCUT2D eigenvalue weighted by atomic mass is 16.2. The van der Waals surface area contributed by atoms with Crippen LogP contribution in [-0.4, -0.2) is 56.1 Å². The number of amides is 2. The molecule has 8 nitrogen and oxygen atoms in total. The summed E-state index contributed by atoms with van der Waals surface area (Å²) in [6, 6.07) is 0. The van der Waals surface area contributed by atoms with E-state index in [0.29, 0.717) is 32.0 Å². The van der Waals surface area contributed by atoms with E-state index in [-0.39, 0.29) is 17.7 Å². The van der Waals surface area contributed by atoms with E-state index in [9.17, 15) is 9.59 Å². The molecule has 0 radical (unpaired) electrons. The van der Waals surface area contributed by atoms with Gasteiger partial charge in [0.2, 0.25) is 11.8 Å². The molecule has 150 valence electrons. The van der Waals surface area contributed by atoms with Crippen molar-refractivity contribution >= 4 is 23.0 Å². The molecule has 1 saturated carbocycles. The van der Waals surface area contributed by atoms with Gasteiger partial charge in [-0.2, -0.15) is 5.10 Å². The van der Waals surface area contributed by atoms with Crippen molar-refractivity contribution in [3.63, 3.8) is 0 Å². The summed E-state index contributed by atoms with van der Waals surface area (Å²) in [4.78, 5) is 34.8. The van der Waals surface area contributed by atoms with Gasteiger partial charge in [0.1, 0.15) is 5.52 Å². The van der Waals surface area contributed by atoms with E-state index in [1.807, 2.05) is 9.58 Å². The predicted molar refractivity (Wildman–Crippen MR) is 105 cm³/mol. The summed E-state index contributed by atoms with van der Waals surface area (Å²) in [5.41, 5.74) is 2.46. The smallest absolute Gasteiger partial charge is 0.222 e. The molecule has 0 spiro atoms. The Morgan fingerprint density at radius 2 is 1.96 bits per heavy atom. The molecule has 0 unspecified atom stereocenters. The Hall–Kier alpha value is -2.51. The van der Waals surface area contributed by atoms with Crippen molar-refractivity contribution in [2.45, 2.75) is 57.9 Å². The summed E-state index contributed by atoms with van der Waals surface area (Å²) in [5, 5.41) is 7.56. The molecule has 8 heteroatoms. The number of aromatic nitrogens is 4. The Kier molecular flexibility index (Phi) is 5.54. The molecule has 0 bridgehead atoms. The zero-order chi connectivity index (χ0) is 19.5. The van der Waals surface area contributed by atoms with Crippen LogP contribution in [0.15, 0.2) is 12.4 Å². The normalized spacial score (nSPS) is 20.2. The Balaban J connectivity index is 1.46. The Bertz CT molecular complexity index is 857. The van der Waals surface area contributed by atoms with Gasteiger partial charge in [-0.25, -0.2) is 14.6 Å². The number of hydrogen-bond donors (Lipinski definition) is 1. The van der Waals surface area contributed by atoms with Crippen molar-refractivity contribution in [2.24, 2.45) is 5.92 Å². The van der Waals surface area contributed by atoms with Crippen LogP contribution in [-0.2, 0) is 16.1 Å². The lowest BCUT2D eigenvalue weighted by Crippen LogP contribution is -2.29. The molecule has 4 rings (SSSR count). The lowest BCUT2D eigenvalue weighted by atomic mass is 10.0. The number of fused-ring (bicyclic) bond motifs is 1. The van der Waals surface area contributed by atoms with Crippen molar-refractivity contribution in [3.8, 4) is 0 Å². The highest BCUT2D eigenvalue weighted by molar-refractivity contribution is 5.78. The zero-order valence-electron chi connectivity index (χ0n) is 16.4. The standard InChI is InChI=1S/C20H28N6O2/c1-14(27)21-9-11-26-20-19(22-7-8-23-20)18(24-26)16-6-10-25(13-16)17(28)12-15-4-2-3-5-15/h7-8,15-16H,2-6,9-13H2,1H3,(H,21,27)/t16-/m0/s1. The number of hydrogen-bond acceptors (Lipinski definition) is 5. The zero-order valence-corrected chi connectivity index (χ0v) is 16.4. The molecular weight excluding hydrogens is 356 g/mol. The largest absolute Gasteiger partial charge is 0.354 e. The van der Waals surface area contributed by atoms with Crippen LogP contribution in [0.25, 0.3) is 11.2 Å². The minimum absolute atomic E-state index is 0.0602. The number of carbonyl (C=O) groups is 2. The third-order valence-corrected chi connectivity index (χ3v) is 5.96. The molecule has 2 aliphatic rings. The van der Waals surface area contributed by atoms with E-state index in [4.69, 9.17) is 5.10 Å². The number of likely N-dealkylation sites (tertiary alicyclic amines) is 1. The van der Waals surface area contributed by atoms with Gasteiger partial charge < -0.3 is 10.2 Å². The highest BCUT2D eigenvalue weighted by Gasteiger charge is 2.32. The number of carbonyl (C=O) groups excluding carboxylic acids is 2. The molecule has 2 aromatic rings. The van der Waals surface area contributed by atoms with E-state index in [2.05, 4.69) is 15.3 Å². The molecule has 2 amide bonds. The molecule has 2 aromatic heterocycles. The maximum absolute atomic E-state index is 12.7. The average Bonchev–Trinajstić information content (AvgIpc) is 3.41. The maximum atomic E-state index is 12.7. The van der Waals surface area contributed by atoms with Gasteiger partial charge in [-0.1, -0.05) is 12.8 Å². The van der Waals surface area contributed by atoms with Crippen LogP contribution in [0.4, 0.5) is 0 Å². The van der Waals surface area contributed by atoms with E-state index in [0.717, 1.165) is 29.8 Å². The number of nitrogens with one attached hydrogen (secondary N) is 1. The fraction of sp³-hybridized carbons (Fsp3) is 0.650. The van der Waals surface area contributed by atoms with E-state index in [1.165, 1.54) is 32.6 Å². The molecule has 1 aliphatic heterocycles. The first-order chi connectivity index (χ1) is 13.6. The third-order valence-electron chi connectivity index (χ3n) is 5.96. The Labute approximate surface area is 164 Å². The molecule has 2 fully saturated rings. The molecule has 3 heterocycles. The molecule has 28 heavy (non-hydrogen) atoms. The average molecular weight is 384 g/mol. The van der Waals surface area contributed by atoms with E-state index in [1.54, 1.807) is 12.4 Å². The van der Waals surface area contributed by atoms with Crippen molar-refractivity contribution in [1.82, 2.24) is 30.0 Å². The number of nitrogens with zero attached hydrogens (tertiary/aromatic N) is 5. The maximum Gasteiger partial charge on any atom is 0.222 e. The first kappa shape index (κ1) is 18.8. The van der Waals surface area contributed by atoms with E-state index >= 15 is 0 Å². The van der Waals surface area contributed by atoms with Crippen molar-refractivity contribution in [3.05, 3.63) is 18.1 Å². The Morgan fingerprint density at radius 3 is 2.75 bits per heavy atom. The number of rotatable bonds is 6. The lowest BCUT2D eigenvalue weighted by Gasteiger charge is -2.18. The van der Waals surface area contributed by atoms with Crippen LogP contribution in [0.1, 0.15) is 57.1 Å². The van der Waals surface area contributed by atoms with Crippen LogP contribution in [0, 0.1) is 5.92 Å². The van der Waals surface area contributed by atoms with Gasteiger partial charge in [0.15, 0.2) is 5.65 Å². The van der Waals surface area contributed by atoms with Gasteiger partial charge in [0.05, 0.1) is 12.2 Å². The van der Waals surface area contributed by atoms with Crippen LogP contribution in [0.5, 0.6) is 0 Å². The van der Waals surface area contributed by atoms with Crippen LogP contribution < -0.4 is 5.32 Å². The minimum Gasteiger partial charge on any atom is -0.354 e. The topological polar surface area (TPSA) is 93.0 Å². The quantitative estimate of drug-likeness (QED) is 0.821. The van der Waals surface area contributed by atoms with Crippen molar-refractivity contribution < 1.29 is 9.59 Å². The van der Waals surface area contributed by atoms with Gasteiger partial charge in [-0.3, -0.25) is 9.59 Å². The summed E-state index contributed by atoms with van der Waals surface area (Å²) in [6.45, 7) is 4.05.